The van der Waals surface area contributed by atoms with Crippen molar-refractivity contribution in [3.63, 3.8) is 0 Å². The highest BCUT2D eigenvalue weighted by molar-refractivity contribution is 6.30. The number of nitrogens with one attached hydrogen (secondary N) is 1. The average Bonchev–Trinajstić information content (AvgIpc) is 2.45. The first-order valence-electron chi connectivity index (χ1n) is 6.19. The number of ether oxygens (including phenoxy) is 2. The molecule has 2 rings (SSSR count). The topological polar surface area (TPSA) is 30.5 Å². The first-order valence-corrected chi connectivity index (χ1v) is 6.57. The van der Waals surface area contributed by atoms with Crippen molar-refractivity contribution in [2.24, 2.45) is 0 Å². The normalized spacial score (nSPS) is 10.5. The van der Waals surface area contributed by atoms with Crippen molar-refractivity contribution in [2.75, 3.05) is 12.4 Å². The molecule has 0 spiro atoms. The number of hydrogen-bond acceptors (Lipinski definition) is 3. The van der Waals surface area contributed by atoms with Gasteiger partial charge in [0.05, 0.1) is 7.11 Å². The van der Waals surface area contributed by atoms with Gasteiger partial charge >= 0.3 is 6.61 Å². The van der Waals surface area contributed by atoms with E-state index in [-0.39, 0.29) is 11.5 Å². The zero-order chi connectivity index (χ0) is 15.2. The van der Waals surface area contributed by atoms with Crippen LogP contribution in [0.2, 0.25) is 5.02 Å². The Morgan fingerprint density at radius 3 is 2.62 bits per heavy atom. The molecule has 0 bridgehead atoms. The highest BCUT2D eigenvalue weighted by Gasteiger charge is 2.11. The van der Waals surface area contributed by atoms with Crippen molar-refractivity contribution in [1.29, 1.82) is 0 Å². The molecule has 0 atom stereocenters. The summed E-state index contributed by atoms with van der Waals surface area (Å²) in [5.74, 6) is 0.277. The first kappa shape index (κ1) is 15.4. The molecule has 0 heterocycles. The lowest BCUT2D eigenvalue weighted by Crippen LogP contribution is -2.05. The van der Waals surface area contributed by atoms with Gasteiger partial charge in [-0.25, -0.2) is 0 Å². The molecule has 1 N–H and O–H groups in total. The molecule has 0 aliphatic rings. The van der Waals surface area contributed by atoms with Gasteiger partial charge in [0.1, 0.15) is 0 Å². The van der Waals surface area contributed by atoms with E-state index >= 15 is 0 Å². The molecule has 0 radical (unpaired) electrons. The van der Waals surface area contributed by atoms with Crippen LogP contribution in [0.25, 0.3) is 0 Å². The Hall–Kier alpha value is -2.01. The van der Waals surface area contributed by atoms with Crippen molar-refractivity contribution in [3.05, 3.63) is 53.1 Å². The third kappa shape index (κ3) is 4.49. The molecule has 21 heavy (non-hydrogen) atoms. The van der Waals surface area contributed by atoms with E-state index in [1.54, 1.807) is 24.3 Å². The number of halogens is 3. The van der Waals surface area contributed by atoms with Crippen LogP contribution >= 0.6 is 11.6 Å². The van der Waals surface area contributed by atoms with Crippen LogP contribution < -0.4 is 14.8 Å². The summed E-state index contributed by atoms with van der Waals surface area (Å²) in [6.45, 7) is -2.45. The zero-order valence-corrected chi connectivity index (χ0v) is 12.0. The van der Waals surface area contributed by atoms with Crippen LogP contribution in [0.4, 0.5) is 14.5 Å². The average molecular weight is 314 g/mol. The van der Waals surface area contributed by atoms with Gasteiger partial charge in [-0.15, -0.1) is 0 Å². The van der Waals surface area contributed by atoms with E-state index in [0.29, 0.717) is 11.6 Å². The summed E-state index contributed by atoms with van der Waals surface area (Å²) in [7, 11) is 1.40. The summed E-state index contributed by atoms with van der Waals surface area (Å²) in [5, 5.41) is 3.77. The molecule has 2 aromatic carbocycles. The Bertz CT molecular complexity index is 608. The molecule has 0 aromatic heterocycles. The van der Waals surface area contributed by atoms with E-state index < -0.39 is 6.61 Å². The smallest absolute Gasteiger partial charge is 0.387 e. The van der Waals surface area contributed by atoms with Crippen molar-refractivity contribution in [1.82, 2.24) is 0 Å². The maximum Gasteiger partial charge on any atom is 0.387 e. The number of anilines is 1. The van der Waals surface area contributed by atoms with Crippen LogP contribution in [0.1, 0.15) is 5.56 Å². The van der Waals surface area contributed by atoms with Gasteiger partial charge in [0.2, 0.25) is 0 Å². The Balaban J connectivity index is 2.09. The fourth-order valence-corrected chi connectivity index (χ4v) is 2.01. The molecule has 0 amide bonds. The maximum atomic E-state index is 12.4. The highest BCUT2D eigenvalue weighted by Crippen LogP contribution is 2.29. The van der Waals surface area contributed by atoms with E-state index in [9.17, 15) is 8.78 Å². The van der Waals surface area contributed by atoms with E-state index in [1.807, 2.05) is 12.1 Å². The standard InChI is InChI=1S/C15H14ClF2NO2/c1-20-13-6-5-10(7-14(13)21-15(17)18)9-19-12-4-2-3-11(16)8-12/h2-8,15,19H,9H2,1H3. The van der Waals surface area contributed by atoms with Crippen LogP contribution in [0.3, 0.4) is 0 Å². The van der Waals surface area contributed by atoms with Gasteiger partial charge in [-0.3, -0.25) is 0 Å². The molecule has 0 unspecified atom stereocenters. The fourth-order valence-electron chi connectivity index (χ4n) is 1.82. The van der Waals surface area contributed by atoms with E-state index in [2.05, 4.69) is 10.1 Å². The molecule has 0 aliphatic heterocycles. The largest absolute Gasteiger partial charge is 0.493 e. The minimum absolute atomic E-state index is 0.0119. The summed E-state index contributed by atoms with van der Waals surface area (Å²) in [6.07, 6.45) is 0. The predicted molar refractivity (Wildman–Crippen MR) is 78.4 cm³/mol. The van der Waals surface area contributed by atoms with Crippen molar-refractivity contribution in [2.45, 2.75) is 13.2 Å². The highest BCUT2D eigenvalue weighted by atomic mass is 35.5. The Morgan fingerprint density at radius 1 is 1.14 bits per heavy atom. The lowest BCUT2D eigenvalue weighted by Gasteiger charge is -2.12. The van der Waals surface area contributed by atoms with Crippen LogP contribution in [-0.2, 0) is 6.54 Å². The molecular weight excluding hydrogens is 300 g/mol. The Kier molecular flexibility index (Phi) is 5.22. The molecular formula is C15H14ClF2NO2. The van der Waals surface area contributed by atoms with Crippen molar-refractivity contribution in [3.8, 4) is 11.5 Å². The van der Waals surface area contributed by atoms with E-state index in [0.717, 1.165) is 11.3 Å². The number of alkyl halides is 2. The molecule has 0 aliphatic carbocycles. The molecule has 6 heteroatoms. The maximum absolute atomic E-state index is 12.4. The van der Waals surface area contributed by atoms with Gasteiger partial charge in [0.15, 0.2) is 11.5 Å². The minimum Gasteiger partial charge on any atom is -0.493 e. The predicted octanol–water partition coefficient (Wildman–Crippen LogP) is 4.56. The lowest BCUT2D eigenvalue weighted by atomic mass is 10.2. The van der Waals surface area contributed by atoms with Crippen LogP contribution in [0.5, 0.6) is 11.5 Å². The second-order valence-electron chi connectivity index (χ2n) is 4.23. The second-order valence-corrected chi connectivity index (χ2v) is 4.66. The molecule has 0 saturated carbocycles. The van der Waals surface area contributed by atoms with Crippen molar-refractivity contribution < 1.29 is 18.3 Å². The summed E-state index contributed by atoms with van der Waals surface area (Å²) in [6, 6.07) is 12.1. The van der Waals surface area contributed by atoms with Gasteiger partial charge in [-0.1, -0.05) is 23.7 Å². The Labute approximate surface area is 126 Å². The number of benzene rings is 2. The quantitative estimate of drug-likeness (QED) is 0.848. The van der Waals surface area contributed by atoms with Gasteiger partial charge in [0, 0.05) is 17.3 Å². The minimum atomic E-state index is -2.89. The van der Waals surface area contributed by atoms with Gasteiger partial charge in [0.25, 0.3) is 0 Å². The van der Waals surface area contributed by atoms with E-state index in [4.69, 9.17) is 16.3 Å². The molecule has 0 saturated heterocycles. The fraction of sp³-hybridized carbons (Fsp3) is 0.200. The van der Waals surface area contributed by atoms with Crippen molar-refractivity contribution >= 4 is 17.3 Å². The third-order valence-electron chi connectivity index (χ3n) is 2.77. The third-order valence-corrected chi connectivity index (χ3v) is 3.00. The summed E-state index contributed by atoms with van der Waals surface area (Å²) in [5.41, 5.74) is 1.63. The molecule has 112 valence electrons. The Morgan fingerprint density at radius 2 is 1.95 bits per heavy atom. The SMILES string of the molecule is COc1ccc(CNc2cccc(Cl)c2)cc1OC(F)F. The summed E-state index contributed by atoms with van der Waals surface area (Å²) in [4.78, 5) is 0. The monoisotopic (exact) mass is 313 g/mol. The lowest BCUT2D eigenvalue weighted by molar-refractivity contribution is -0.0512. The van der Waals surface area contributed by atoms with Gasteiger partial charge in [-0.05, 0) is 35.9 Å². The van der Waals surface area contributed by atoms with Crippen LogP contribution in [-0.4, -0.2) is 13.7 Å². The molecule has 3 nitrogen and oxygen atoms in total. The molecule has 2 aromatic rings. The number of rotatable bonds is 6. The zero-order valence-electron chi connectivity index (χ0n) is 11.3. The molecule has 0 fully saturated rings. The van der Waals surface area contributed by atoms with Gasteiger partial charge in [-0.2, -0.15) is 8.78 Å². The number of methoxy groups -OCH3 is 1. The van der Waals surface area contributed by atoms with Crippen LogP contribution in [0.15, 0.2) is 42.5 Å². The number of hydrogen-bond donors (Lipinski definition) is 1. The second kappa shape index (κ2) is 7.13. The van der Waals surface area contributed by atoms with Crippen LogP contribution in [0, 0.1) is 0 Å². The summed E-state index contributed by atoms with van der Waals surface area (Å²) >= 11 is 5.89. The first-order chi connectivity index (χ1) is 10.1. The van der Waals surface area contributed by atoms with Gasteiger partial charge < -0.3 is 14.8 Å². The summed E-state index contributed by atoms with van der Waals surface area (Å²) < 4.78 is 34.1. The van der Waals surface area contributed by atoms with E-state index in [1.165, 1.54) is 13.2 Å².